The van der Waals surface area contributed by atoms with Crippen LogP contribution in [-0.2, 0) is 19.1 Å². The monoisotopic (exact) mass is 1090 g/mol. The molecule has 0 aliphatic carbocycles. The second-order valence-corrected chi connectivity index (χ2v) is 22.9. The summed E-state index contributed by atoms with van der Waals surface area (Å²) in [7, 11) is 0. The number of hydrogen-bond acceptors (Lipinski definition) is 5. The van der Waals surface area contributed by atoms with E-state index in [0.29, 0.717) is 12.8 Å². The van der Waals surface area contributed by atoms with Crippen LogP contribution in [-0.4, -0.2) is 36.4 Å². The van der Waals surface area contributed by atoms with Crippen molar-refractivity contribution in [2.24, 2.45) is 0 Å². The lowest BCUT2D eigenvalue weighted by atomic mass is 10.0. The summed E-state index contributed by atoms with van der Waals surface area (Å²) in [5.74, 6) is -0.652. The first-order valence-corrected chi connectivity index (χ1v) is 34.1. The fourth-order valence-corrected chi connectivity index (χ4v) is 10.1. The van der Waals surface area contributed by atoms with Crippen molar-refractivity contribution in [1.29, 1.82) is 0 Å². The SMILES string of the molecule is CC/C=C\C/C=C\C/C=C\C/C=C\C/C=C\C/C=C\C/C=C\CCCC(=O)OC(CO)COC(=O)CCCCCCCCCCCCCCCCCCCCCCCCCCCCCCCCCCCCCCCCCCC. The number of allylic oxidation sites excluding steroid dienone is 14. The first-order chi connectivity index (χ1) is 38.6. The van der Waals surface area contributed by atoms with Crippen molar-refractivity contribution >= 4 is 11.9 Å². The molecule has 0 saturated heterocycles. The van der Waals surface area contributed by atoms with Crippen molar-refractivity contribution in [3.05, 3.63) is 85.1 Å². The van der Waals surface area contributed by atoms with Gasteiger partial charge in [0.2, 0.25) is 0 Å². The van der Waals surface area contributed by atoms with Gasteiger partial charge in [-0.15, -0.1) is 0 Å². The maximum atomic E-state index is 12.3. The topological polar surface area (TPSA) is 72.8 Å². The molecule has 1 unspecified atom stereocenters. The van der Waals surface area contributed by atoms with Gasteiger partial charge in [-0.2, -0.15) is 0 Å². The number of aliphatic hydroxyl groups is 1. The smallest absolute Gasteiger partial charge is 0.306 e. The van der Waals surface area contributed by atoms with Gasteiger partial charge in [-0.25, -0.2) is 0 Å². The molecule has 0 rings (SSSR count). The summed E-state index contributed by atoms with van der Waals surface area (Å²) >= 11 is 0. The second-order valence-electron chi connectivity index (χ2n) is 22.9. The van der Waals surface area contributed by atoms with Gasteiger partial charge in [-0.1, -0.05) is 356 Å². The third kappa shape index (κ3) is 65.6. The van der Waals surface area contributed by atoms with Crippen LogP contribution in [0.3, 0.4) is 0 Å². The zero-order valence-electron chi connectivity index (χ0n) is 51.9. The molecule has 0 aliphatic rings. The minimum Gasteiger partial charge on any atom is -0.462 e. The van der Waals surface area contributed by atoms with Crippen LogP contribution < -0.4 is 0 Å². The molecule has 0 aromatic heterocycles. The number of esters is 2. The molecule has 5 nitrogen and oxygen atoms in total. The van der Waals surface area contributed by atoms with E-state index >= 15 is 0 Å². The molecule has 78 heavy (non-hydrogen) atoms. The predicted molar refractivity (Wildman–Crippen MR) is 343 cm³/mol. The number of hydrogen-bond donors (Lipinski definition) is 1. The van der Waals surface area contributed by atoms with E-state index in [9.17, 15) is 14.7 Å². The molecule has 0 heterocycles. The Morgan fingerprint density at radius 1 is 0.308 bits per heavy atom. The number of rotatable bonds is 63. The number of carbonyl (C=O) groups excluding carboxylic acids is 2. The zero-order valence-corrected chi connectivity index (χ0v) is 51.9. The van der Waals surface area contributed by atoms with E-state index in [-0.39, 0.29) is 31.6 Å². The van der Waals surface area contributed by atoms with Crippen LogP contribution in [0.25, 0.3) is 0 Å². The average molecular weight is 1090 g/mol. The van der Waals surface area contributed by atoms with Gasteiger partial charge >= 0.3 is 11.9 Å². The Balaban J connectivity index is 3.43. The molecule has 1 N–H and O–H groups in total. The highest BCUT2D eigenvalue weighted by Crippen LogP contribution is 2.19. The number of carbonyl (C=O) groups is 2. The number of ether oxygens (including phenoxy) is 2. The third-order valence-corrected chi connectivity index (χ3v) is 15.2. The van der Waals surface area contributed by atoms with E-state index < -0.39 is 6.10 Å². The van der Waals surface area contributed by atoms with Gasteiger partial charge in [0.1, 0.15) is 6.61 Å². The van der Waals surface area contributed by atoms with Crippen molar-refractivity contribution in [2.75, 3.05) is 13.2 Å². The summed E-state index contributed by atoms with van der Waals surface area (Å²) in [6.45, 7) is 4.02. The molecule has 0 aliphatic heterocycles. The standard InChI is InChI=1S/C73H130O5/c1-3-5-7-9-11-13-15-17-19-21-23-25-27-28-29-30-31-32-33-34-35-36-37-38-39-40-41-42-43-44-46-47-49-51-53-55-57-59-61-63-65-67-72(75)77-70-71(69-74)78-73(76)68-66-64-62-60-58-56-54-52-50-48-45-26-24-22-20-18-16-14-12-10-8-6-4-2/h6,8,12,14,18,20,24,26,48,50,54,56,60,62,71,74H,3-5,7,9-11,13,15-17,19,21-23,25,27-47,49,51-53,55,57-59,61,63-70H2,1-2H3/b8-6-,14-12-,20-18-,26-24-,50-48-,56-54-,62-60-. The van der Waals surface area contributed by atoms with Crippen molar-refractivity contribution in [2.45, 2.75) is 354 Å². The fraction of sp³-hybridized carbons (Fsp3) is 0.781. The molecule has 0 bridgehead atoms. The molecule has 0 radical (unpaired) electrons. The second kappa shape index (κ2) is 68.4. The quantitative estimate of drug-likeness (QED) is 0.0373. The molecule has 5 heteroatoms. The Morgan fingerprint density at radius 2 is 0.551 bits per heavy atom. The Labute approximate surface area is 486 Å². The first kappa shape index (κ1) is 75.1. The van der Waals surface area contributed by atoms with E-state index in [4.69, 9.17) is 9.47 Å². The largest absolute Gasteiger partial charge is 0.462 e. The molecule has 0 aromatic rings. The minimum absolute atomic E-state index is 0.0906. The van der Waals surface area contributed by atoms with Crippen molar-refractivity contribution in [3.8, 4) is 0 Å². The molecule has 0 amide bonds. The van der Waals surface area contributed by atoms with Crippen LogP contribution in [0.1, 0.15) is 348 Å². The van der Waals surface area contributed by atoms with Gasteiger partial charge in [-0.3, -0.25) is 9.59 Å². The van der Waals surface area contributed by atoms with Crippen molar-refractivity contribution in [3.63, 3.8) is 0 Å². The molecular formula is C73H130O5. The van der Waals surface area contributed by atoms with Crippen molar-refractivity contribution < 1.29 is 24.2 Å². The number of unbranched alkanes of at least 4 members (excludes halogenated alkanes) is 41. The fourth-order valence-electron chi connectivity index (χ4n) is 10.1. The van der Waals surface area contributed by atoms with Crippen LogP contribution in [0, 0.1) is 0 Å². The van der Waals surface area contributed by atoms with Crippen molar-refractivity contribution in [1.82, 2.24) is 0 Å². The van der Waals surface area contributed by atoms with E-state index in [1.807, 2.05) is 0 Å². The number of aliphatic hydroxyl groups excluding tert-OH is 1. The van der Waals surface area contributed by atoms with Crippen LogP contribution in [0.2, 0.25) is 0 Å². The normalized spacial score (nSPS) is 12.7. The molecule has 0 saturated carbocycles. The Bertz CT molecular complexity index is 1420. The van der Waals surface area contributed by atoms with Gasteiger partial charge in [0.25, 0.3) is 0 Å². The summed E-state index contributed by atoms with van der Waals surface area (Å²) in [5.41, 5.74) is 0. The highest BCUT2D eigenvalue weighted by atomic mass is 16.6. The average Bonchev–Trinajstić information content (AvgIpc) is 3.44. The Hall–Kier alpha value is -2.92. The van der Waals surface area contributed by atoms with Gasteiger partial charge in [0, 0.05) is 12.8 Å². The third-order valence-electron chi connectivity index (χ3n) is 15.2. The van der Waals surface area contributed by atoms with Gasteiger partial charge in [0.15, 0.2) is 6.10 Å². The summed E-state index contributed by atoms with van der Waals surface area (Å²) in [5, 5.41) is 9.66. The Kier molecular flexibility index (Phi) is 65.8. The highest BCUT2D eigenvalue weighted by Gasteiger charge is 2.16. The maximum absolute atomic E-state index is 12.3. The van der Waals surface area contributed by atoms with Crippen LogP contribution in [0.4, 0.5) is 0 Å². The predicted octanol–water partition coefficient (Wildman–Crippen LogP) is 23.7. The molecule has 0 spiro atoms. The minimum atomic E-state index is -0.808. The van der Waals surface area contributed by atoms with Crippen LogP contribution >= 0.6 is 0 Å². The summed E-state index contributed by atoms with van der Waals surface area (Å²) in [6.07, 6.45) is 96.4. The van der Waals surface area contributed by atoms with Gasteiger partial charge in [-0.05, 0) is 64.2 Å². The highest BCUT2D eigenvalue weighted by molar-refractivity contribution is 5.70. The molecule has 0 fully saturated rings. The molecule has 1 atom stereocenters. The molecule has 0 aromatic carbocycles. The summed E-state index contributed by atoms with van der Waals surface area (Å²) in [4.78, 5) is 24.6. The Morgan fingerprint density at radius 3 is 0.821 bits per heavy atom. The van der Waals surface area contributed by atoms with Gasteiger partial charge < -0.3 is 14.6 Å². The molecule has 452 valence electrons. The van der Waals surface area contributed by atoms with Crippen LogP contribution in [0.5, 0.6) is 0 Å². The maximum Gasteiger partial charge on any atom is 0.306 e. The lowest BCUT2D eigenvalue weighted by Crippen LogP contribution is -2.28. The van der Waals surface area contributed by atoms with Crippen LogP contribution in [0.15, 0.2) is 85.1 Å². The summed E-state index contributed by atoms with van der Waals surface area (Å²) in [6, 6.07) is 0. The zero-order chi connectivity index (χ0) is 56.2. The van der Waals surface area contributed by atoms with E-state index in [2.05, 4.69) is 98.9 Å². The molecular weight excluding hydrogens is 957 g/mol. The van der Waals surface area contributed by atoms with Gasteiger partial charge in [0.05, 0.1) is 6.61 Å². The first-order valence-electron chi connectivity index (χ1n) is 34.1. The van der Waals surface area contributed by atoms with E-state index in [0.717, 1.165) is 70.6 Å². The lowest BCUT2D eigenvalue weighted by Gasteiger charge is -2.15. The van der Waals surface area contributed by atoms with E-state index in [1.165, 1.54) is 244 Å². The van der Waals surface area contributed by atoms with E-state index in [1.54, 1.807) is 0 Å². The summed E-state index contributed by atoms with van der Waals surface area (Å²) < 4.78 is 10.7. The lowest BCUT2D eigenvalue weighted by molar-refractivity contribution is -0.161.